The molecule has 1 aromatic rings. The van der Waals surface area contributed by atoms with Crippen LogP contribution >= 0.6 is 12.4 Å². The number of amides is 2. The molecular formula is C5H10ClN5O2. The van der Waals surface area contributed by atoms with Crippen molar-refractivity contribution < 1.29 is 9.32 Å². The number of urea groups is 1. The van der Waals surface area contributed by atoms with Crippen LogP contribution in [0.1, 0.15) is 12.7 Å². The van der Waals surface area contributed by atoms with Gasteiger partial charge in [0.1, 0.15) is 0 Å². The van der Waals surface area contributed by atoms with E-state index in [1.807, 2.05) is 0 Å². The molecule has 0 spiro atoms. The zero-order valence-corrected chi connectivity index (χ0v) is 7.67. The number of hydrogen-bond acceptors (Lipinski definition) is 5. The fourth-order valence-corrected chi connectivity index (χ4v) is 0.714. The first-order chi connectivity index (χ1) is 5.52. The van der Waals surface area contributed by atoms with Crippen LogP contribution in [0.25, 0.3) is 0 Å². The molecular weight excluding hydrogens is 198 g/mol. The number of primary amides is 1. The molecule has 0 saturated carbocycles. The predicted octanol–water partition coefficient (Wildman–Crippen LogP) is -0.709. The van der Waals surface area contributed by atoms with Gasteiger partial charge in [-0.15, -0.1) is 17.5 Å². The number of aromatic nitrogens is 2. The summed E-state index contributed by atoms with van der Waals surface area (Å²) in [7, 11) is 0. The van der Waals surface area contributed by atoms with E-state index in [1.54, 1.807) is 0 Å². The fraction of sp³-hybridized carbons (Fsp3) is 0.400. The molecule has 1 rings (SSSR count). The summed E-state index contributed by atoms with van der Waals surface area (Å²) in [6.07, 6.45) is 1.30. The number of nitrogens with zero attached hydrogens (tertiary/aromatic N) is 2. The molecule has 0 aromatic carbocycles. The summed E-state index contributed by atoms with van der Waals surface area (Å²) >= 11 is 0. The van der Waals surface area contributed by atoms with Crippen LogP contribution in [-0.4, -0.2) is 16.4 Å². The number of rotatable bonds is 2. The molecule has 1 heterocycles. The van der Waals surface area contributed by atoms with Gasteiger partial charge in [0.25, 0.3) is 0 Å². The van der Waals surface area contributed by atoms with Gasteiger partial charge in [-0.05, 0) is 6.92 Å². The average molecular weight is 208 g/mol. The summed E-state index contributed by atoms with van der Waals surface area (Å²) in [6.45, 7) is 1.51. The minimum absolute atomic E-state index is 0. The lowest BCUT2D eigenvalue weighted by Gasteiger charge is -2.20. The summed E-state index contributed by atoms with van der Waals surface area (Å²) < 4.78 is 4.64. The molecule has 0 aliphatic carbocycles. The van der Waals surface area contributed by atoms with Gasteiger partial charge >= 0.3 is 6.03 Å². The second kappa shape index (κ2) is 4.06. The molecule has 1 unspecified atom stereocenters. The zero-order chi connectivity index (χ0) is 9.19. The van der Waals surface area contributed by atoms with Crippen LogP contribution in [-0.2, 0) is 5.66 Å². The van der Waals surface area contributed by atoms with Gasteiger partial charge in [0, 0.05) is 5.27 Å². The molecule has 5 N–H and O–H groups in total. The molecule has 0 saturated heterocycles. The van der Waals surface area contributed by atoms with E-state index in [2.05, 4.69) is 20.2 Å². The number of carbonyl (C=O) groups excluding carboxylic acids is 1. The third kappa shape index (κ3) is 2.88. The predicted molar refractivity (Wildman–Crippen MR) is 45.8 cm³/mol. The Hall–Kier alpha value is -1.34. The van der Waals surface area contributed by atoms with Gasteiger partial charge in [-0.3, -0.25) is 0 Å². The van der Waals surface area contributed by atoms with E-state index < -0.39 is 11.7 Å². The van der Waals surface area contributed by atoms with Crippen molar-refractivity contribution in [3.63, 3.8) is 0 Å². The number of nitrogens with two attached hydrogens (primary N) is 2. The van der Waals surface area contributed by atoms with Crippen molar-refractivity contribution in [2.24, 2.45) is 11.5 Å². The largest absolute Gasteiger partial charge is 0.352 e. The van der Waals surface area contributed by atoms with Gasteiger partial charge in [-0.2, -0.15) is 0 Å². The van der Waals surface area contributed by atoms with Crippen LogP contribution in [0.2, 0.25) is 0 Å². The Balaban J connectivity index is 0.00000144. The van der Waals surface area contributed by atoms with Gasteiger partial charge in [-0.1, -0.05) is 0 Å². The van der Waals surface area contributed by atoms with Crippen LogP contribution in [0.5, 0.6) is 0 Å². The minimum Gasteiger partial charge on any atom is -0.352 e. The van der Waals surface area contributed by atoms with Crippen molar-refractivity contribution in [2.45, 2.75) is 12.6 Å². The molecule has 13 heavy (non-hydrogen) atoms. The highest BCUT2D eigenvalue weighted by Crippen LogP contribution is 2.10. The molecule has 0 bridgehead atoms. The Morgan fingerprint density at radius 3 is 2.77 bits per heavy atom. The molecule has 0 radical (unpaired) electrons. The molecule has 0 fully saturated rings. The molecule has 2 amide bonds. The summed E-state index contributed by atoms with van der Waals surface area (Å²) in [5.74, 6) is 0.237. The molecule has 0 aliphatic rings. The van der Waals surface area contributed by atoms with Crippen LogP contribution in [0.3, 0.4) is 0 Å². The van der Waals surface area contributed by atoms with Crippen LogP contribution in [0, 0.1) is 0 Å². The third-order valence-electron chi connectivity index (χ3n) is 1.26. The van der Waals surface area contributed by atoms with Crippen LogP contribution in [0.15, 0.2) is 10.7 Å². The molecule has 74 valence electrons. The average Bonchev–Trinajstić information content (AvgIpc) is 2.32. The normalized spacial score (nSPS) is 14.0. The highest BCUT2D eigenvalue weighted by molar-refractivity contribution is 5.85. The van der Waals surface area contributed by atoms with E-state index in [4.69, 9.17) is 11.5 Å². The lowest BCUT2D eigenvalue weighted by molar-refractivity contribution is 0.222. The first-order valence-electron chi connectivity index (χ1n) is 3.17. The Bertz CT molecular complexity index is 272. The van der Waals surface area contributed by atoms with E-state index in [9.17, 15) is 4.79 Å². The van der Waals surface area contributed by atoms with E-state index in [-0.39, 0.29) is 18.2 Å². The second-order valence-electron chi connectivity index (χ2n) is 2.47. The van der Waals surface area contributed by atoms with Crippen molar-refractivity contribution in [3.8, 4) is 0 Å². The SMILES string of the molecule is CC(N)(NC(N)=O)c1cnno1.Cl. The summed E-state index contributed by atoms with van der Waals surface area (Å²) in [4.78, 5) is 10.5. The van der Waals surface area contributed by atoms with Crippen molar-refractivity contribution in [1.82, 2.24) is 15.7 Å². The maximum absolute atomic E-state index is 10.5. The van der Waals surface area contributed by atoms with E-state index >= 15 is 0 Å². The van der Waals surface area contributed by atoms with Crippen molar-refractivity contribution in [2.75, 3.05) is 0 Å². The van der Waals surface area contributed by atoms with Crippen LogP contribution in [0.4, 0.5) is 4.79 Å². The summed E-state index contributed by atoms with van der Waals surface area (Å²) in [5, 5.41) is 8.87. The van der Waals surface area contributed by atoms with Crippen molar-refractivity contribution >= 4 is 18.4 Å². The number of nitrogens with one attached hydrogen (secondary N) is 1. The Labute approximate surface area is 80.2 Å². The topological polar surface area (TPSA) is 120 Å². The molecule has 8 heteroatoms. The number of carbonyl (C=O) groups is 1. The fourth-order valence-electron chi connectivity index (χ4n) is 0.714. The second-order valence-corrected chi connectivity index (χ2v) is 2.47. The van der Waals surface area contributed by atoms with Gasteiger partial charge < -0.3 is 21.3 Å². The maximum Gasteiger partial charge on any atom is 0.313 e. The minimum atomic E-state index is -1.17. The lowest BCUT2D eigenvalue weighted by Crippen LogP contribution is -2.52. The number of halogens is 1. The molecule has 0 aliphatic heterocycles. The van der Waals surface area contributed by atoms with Crippen molar-refractivity contribution in [3.05, 3.63) is 12.0 Å². The first-order valence-corrected chi connectivity index (χ1v) is 3.17. The Morgan fingerprint density at radius 2 is 2.38 bits per heavy atom. The lowest BCUT2D eigenvalue weighted by atomic mass is 10.2. The van der Waals surface area contributed by atoms with Crippen molar-refractivity contribution in [1.29, 1.82) is 0 Å². The smallest absolute Gasteiger partial charge is 0.313 e. The van der Waals surface area contributed by atoms with Gasteiger partial charge in [0.2, 0.25) is 0 Å². The van der Waals surface area contributed by atoms with Gasteiger partial charge in [0.05, 0.1) is 6.20 Å². The Morgan fingerprint density at radius 1 is 1.77 bits per heavy atom. The third-order valence-corrected chi connectivity index (χ3v) is 1.26. The summed E-state index contributed by atoms with van der Waals surface area (Å²) in [6, 6.07) is -0.739. The molecule has 7 nitrogen and oxygen atoms in total. The van der Waals surface area contributed by atoms with Gasteiger partial charge in [0.15, 0.2) is 11.4 Å². The maximum atomic E-state index is 10.5. The highest BCUT2D eigenvalue weighted by atomic mass is 35.5. The molecule has 1 aromatic heterocycles. The quantitative estimate of drug-likeness (QED) is 0.554. The monoisotopic (exact) mass is 207 g/mol. The number of hydrogen-bond donors (Lipinski definition) is 3. The van der Waals surface area contributed by atoms with E-state index in [0.717, 1.165) is 0 Å². The van der Waals surface area contributed by atoms with Gasteiger partial charge in [-0.25, -0.2) is 4.79 Å². The zero-order valence-electron chi connectivity index (χ0n) is 6.85. The van der Waals surface area contributed by atoms with Crippen LogP contribution < -0.4 is 16.8 Å². The summed E-state index contributed by atoms with van der Waals surface area (Å²) in [5.41, 5.74) is 9.30. The van der Waals surface area contributed by atoms with E-state index in [1.165, 1.54) is 13.1 Å². The standard InChI is InChI=1S/C5H9N5O2.ClH/c1-5(7,9-4(6)11)3-2-8-10-12-3;/h2H,7H2,1H3,(H3,6,9,11);1H. The van der Waals surface area contributed by atoms with E-state index in [0.29, 0.717) is 0 Å². The first kappa shape index (κ1) is 11.7. The Kier molecular flexibility index (Phi) is 3.64. The molecule has 1 atom stereocenters. The highest BCUT2D eigenvalue weighted by Gasteiger charge is 2.26.